The van der Waals surface area contributed by atoms with E-state index in [2.05, 4.69) is 57.9 Å². The number of hydrogen-bond acceptors (Lipinski definition) is 3. The van der Waals surface area contributed by atoms with Crippen LogP contribution in [0.5, 0.6) is 0 Å². The molecule has 0 spiro atoms. The van der Waals surface area contributed by atoms with Gasteiger partial charge in [-0.15, -0.1) is 0 Å². The average Bonchev–Trinajstić information content (AvgIpc) is 2.64. The zero-order valence-electron chi connectivity index (χ0n) is 15.5. The molecule has 25 heavy (non-hydrogen) atoms. The van der Waals surface area contributed by atoms with Crippen molar-refractivity contribution >= 4 is 11.8 Å². The minimum Gasteiger partial charge on any atom is -0.363 e. The van der Waals surface area contributed by atoms with Crippen LogP contribution in [0.2, 0.25) is 0 Å². The number of aromatic nitrogens is 1. The summed E-state index contributed by atoms with van der Waals surface area (Å²) in [6.45, 7) is 4.38. The number of aliphatic imine (C=N–C) groups is 1. The average molecular weight is 339 g/mol. The predicted octanol–water partition coefficient (Wildman–Crippen LogP) is 2.84. The van der Waals surface area contributed by atoms with Crippen LogP contribution in [-0.2, 0) is 13.0 Å². The van der Waals surface area contributed by atoms with Gasteiger partial charge in [0.25, 0.3) is 0 Å². The number of nitrogens with one attached hydrogen (secondary N) is 2. The molecule has 0 fully saturated rings. The highest BCUT2D eigenvalue weighted by Crippen LogP contribution is 2.08. The van der Waals surface area contributed by atoms with Gasteiger partial charge in [0.15, 0.2) is 5.96 Å². The van der Waals surface area contributed by atoms with Crippen LogP contribution in [0.3, 0.4) is 0 Å². The van der Waals surface area contributed by atoms with Crippen molar-refractivity contribution < 1.29 is 0 Å². The first kappa shape index (κ1) is 18.8. The Labute approximate surface area is 151 Å². The molecule has 0 amide bonds. The van der Waals surface area contributed by atoms with Crippen LogP contribution >= 0.6 is 0 Å². The lowest BCUT2D eigenvalue weighted by Gasteiger charge is -2.13. The van der Waals surface area contributed by atoms with Gasteiger partial charge < -0.3 is 15.5 Å². The molecule has 1 aromatic heterocycles. The van der Waals surface area contributed by atoms with Gasteiger partial charge >= 0.3 is 0 Å². The third-order valence-electron chi connectivity index (χ3n) is 3.77. The second-order valence-electron chi connectivity index (χ2n) is 6.09. The number of guanidine groups is 1. The zero-order valence-corrected chi connectivity index (χ0v) is 15.5. The Morgan fingerprint density at radius 2 is 1.84 bits per heavy atom. The lowest BCUT2D eigenvalue weighted by Crippen LogP contribution is -2.37. The number of pyridine rings is 1. The van der Waals surface area contributed by atoms with Gasteiger partial charge in [-0.25, -0.2) is 9.98 Å². The van der Waals surface area contributed by atoms with E-state index in [1.807, 2.05) is 37.2 Å². The van der Waals surface area contributed by atoms with Crippen molar-refractivity contribution in [2.75, 3.05) is 32.1 Å². The molecule has 1 aromatic carbocycles. The monoisotopic (exact) mass is 339 g/mol. The van der Waals surface area contributed by atoms with Crippen LogP contribution < -0.4 is 15.5 Å². The molecule has 2 N–H and O–H groups in total. The second kappa shape index (κ2) is 10.3. The summed E-state index contributed by atoms with van der Waals surface area (Å²) in [5.41, 5.74) is 2.34. The van der Waals surface area contributed by atoms with E-state index < -0.39 is 0 Å². The van der Waals surface area contributed by atoms with Crippen LogP contribution in [0.25, 0.3) is 0 Å². The molecule has 2 aromatic rings. The van der Waals surface area contributed by atoms with Crippen molar-refractivity contribution in [3.8, 4) is 0 Å². The molecule has 2 rings (SSSR count). The quantitative estimate of drug-likeness (QED) is 0.441. The molecule has 0 aliphatic carbocycles. The SMILES string of the molecule is CCNC(=NCc1cccc(N(C)C)n1)NCCCc1ccccc1. The number of anilines is 1. The topological polar surface area (TPSA) is 52.6 Å². The van der Waals surface area contributed by atoms with Crippen molar-refractivity contribution in [2.24, 2.45) is 4.99 Å². The van der Waals surface area contributed by atoms with Gasteiger partial charge in [0.2, 0.25) is 0 Å². The first-order valence-corrected chi connectivity index (χ1v) is 8.88. The van der Waals surface area contributed by atoms with Crippen molar-refractivity contribution in [3.63, 3.8) is 0 Å². The molecule has 0 aliphatic heterocycles. The minimum atomic E-state index is 0.565. The van der Waals surface area contributed by atoms with Crippen molar-refractivity contribution in [3.05, 3.63) is 59.8 Å². The minimum absolute atomic E-state index is 0.565. The predicted molar refractivity (Wildman–Crippen MR) is 106 cm³/mol. The Bertz CT molecular complexity index is 652. The normalized spacial score (nSPS) is 11.2. The van der Waals surface area contributed by atoms with E-state index in [0.29, 0.717) is 6.54 Å². The maximum absolute atomic E-state index is 4.64. The summed E-state index contributed by atoms with van der Waals surface area (Å²) in [6.07, 6.45) is 2.14. The molecular formula is C20H29N5. The zero-order chi connectivity index (χ0) is 17.9. The summed E-state index contributed by atoms with van der Waals surface area (Å²) < 4.78 is 0. The Kier molecular flexibility index (Phi) is 7.76. The van der Waals surface area contributed by atoms with E-state index in [0.717, 1.165) is 43.4 Å². The molecule has 1 heterocycles. The van der Waals surface area contributed by atoms with Crippen LogP contribution in [0, 0.1) is 0 Å². The Hall–Kier alpha value is -2.56. The fraction of sp³-hybridized carbons (Fsp3) is 0.400. The van der Waals surface area contributed by atoms with E-state index in [9.17, 15) is 0 Å². The number of rotatable bonds is 8. The summed E-state index contributed by atoms with van der Waals surface area (Å²) in [4.78, 5) is 11.2. The molecular weight excluding hydrogens is 310 g/mol. The molecule has 5 nitrogen and oxygen atoms in total. The smallest absolute Gasteiger partial charge is 0.191 e. The van der Waals surface area contributed by atoms with Crippen LogP contribution in [0.15, 0.2) is 53.5 Å². The summed E-state index contributed by atoms with van der Waals surface area (Å²) in [5, 5.41) is 6.69. The molecule has 0 atom stereocenters. The number of hydrogen-bond donors (Lipinski definition) is 2. The largest absolute Gasteiger partial charge is 0.363 e. The van der Waals surface area contributed by atoms with Gasteiger partial charge in [0, 0.05) is 27.2 Å². The van der Waals surface area contributed by atoms with E-state index in [4.69, 9.17) is 0 Å². The van der Waals surface area contributed by atoms with Crippen molar-refractivity contribution in [2.45, 2.75) is 26.3 Å². The van der Waals surface area contributed by atoms with Gasteiger partial charge in [-0.1, -0.05) is 36.4 Å². The van der Waals surface area contributed by atoms with Crippen molar-refractivity contribution in [1.29, 1.82) is 0 Å². The van der Waals surface area contributed by atoms with Gasteiger partial charge in [0.1, 0.15) is 5.82 Å². The summed E-state index contributed by atoms with van der Waals surface area (Å²) in [7, 11) is 3.99. The third kappa shape index (κ3) is 6.83. The van der Waals surface area contributed by atoms with E-state index >= 15 is 0 Å². The Balaban J connectivity index is 1.84. The molecule has 0 radical (unpaired) electrons. The van der Waals surface area contributed by atoms with Gasteiger partial charge in [-0.05, 0) is 37.5 Å². The van der Waals surface area contributed by atoms with E-state index in [-0.39, 0.29) is 0 Å². The van der Waals surface area contributed by atoms with E-state index in [1.165, 1.54) is 5.56 Å². The second-order valence-corrected chi connectivity index (χ2v) is 6.09. The fourth-order valence-corrected chi connectivity index (χ4v) is 2.45. The Morgan fingerprint density at radius 1 is 1.04 bits per heavy atom. The van der Waals surface area contributed by atoms with Gasteiger partial charge in [-0.3, -0.25) is 0 Å². The summed E-state index contributed by atoms with van der Waals surface area (Å²) >= 11 is 0. The molecule has 0 saturated heterocycles. The van der Waals surface area contributed by atoms with Crippen LogP contribution in [-0.4, -0.2) is 38.1 Å². The molecule has 0 saturated carbocycles. The fourth-order valence-electron chi connectivity index (χ4n) is 2.45. The maximum atomic E-state index is 4.64. The van der Waals surface area contributed by atoms with E-state index in [1.54, 1.807) is 0 Å². The maximum Gasteiger partial charge on any atom is 0.191 e. The first-order chi connectivity index (χ1) is 12.2. The Morgan fingerprint density at radius 3 is 2.56 bits per heavy atom. The third-order valence-corrected chi connectivity index (χ3v) is 3.77. The lowest BCUT2D eigenvalue weighted by molar-refractivity contribution is 0.742. The number of nitrogens with zero attached hydrogens (tertiary/aromatic N) is 3. The van der Waals surface area contributed by atoms with Crippen LogP contribution in [0.1, 0.15) is 24.6 Å². The molecule has 0 bridgehead atoms. The summed E-state index contributed by atoms with van der Waals surface area (Å²) in [5.74, 6) is 1.79. The van der Waals surface area contributed by atoms with Gasteiger partial charge in [0.05, 0.1) is 12.2 Å². The number of aryl methyl sites for hydroxylation is 1. The molecule has 0 unspecified atom stereocenters. The summed E-state index contributed by atoms with van der Waals surface area (Å²) in [6, 6.07) is 16.6. The van der Waals surface area contributed by atoms with Crippen LogP contribution in [0.4, 0.5) is 5.82 Å². The lowest BCUT2D eigenvalue weighted by atomic mass is 10.1. The van der Waals surface area contributed by atoms with Crippen molar-refractivity contribution in [1.82, 2.24) is 15.6 Å². The highest BCUT2D eigenvalue weighted by atomic mass is 15.2. The number of benzene rings is 1. The standard InChI is InChI=1S/C20H29N5/c1-4-21-20(22-15-9-12-17-10-6-5-7-11-17)23-16-18-13-8-14-19(24-18)25(2)3/h5-8,10-11,13-14H,4,9,12,15-16H2,1-3H3,(H2,21,22,23). The highest BCUT2D eigenvalue weighted by molar-refractivity contribution is 5.79. The highest BCUT2D eigenvalue weighted by Gasteiger charge is 2.01. The molecule has 134 valence electrons. The molecule has 0 aliphatic rings. The van der Waals surface area contributed by atoms with Gasteiger partial charge in [-0.2, -0.15) is 0 Å². The molecule has 5 heteroatoms. The first-order valence-electron chi connectivity index (χ1n) is 8.88.